The molecule has 1 amide bonds. The fourth-order valence-corrected chi connectivity index (χ4v) is 3.59. The molecule has 128 valence electrons. The molecule has 0 bridgehead atoms. The smallest absolute Gasteiger partial charge is 0.234 e. The van der Waals surface area contributed by atoms with Gasteiger partial charge in [0.15, 0.2) is 0 Å². The van der Waals surface area contributed by atoms with Crippen LogP contribution >= 0.6 is 12.4 Å². The molecule has 3 rings (SSSR count). The predicted octanol–water partition coefficient (Wildman–Crippen LogP) is 2.37. The first-order chi connectivity index (χ1) is 10.8. The van der Waals surface area contributed by atoms with Gasteiger partial charge in [-0.3, -0.25) is 9.69 Å². The van der Waals surface area contributed by atoms with E-state index in [9.17, 15) is 4.79 Å². The zero-order chi connectivity index (χ0) is 15.3. The van der Waals surface area contributed by atoms with Crippen LogP contribution in [0.5, 0.6) is 0 Å². The van der Waals surface area contributed by atoms with E-state index in [-0.39, 0.29) is 23.7 Å². The number of benzene rings is 1. The number of carbonyl (C=O) groups is 1. The number of carbonyl (C=O) groups excluding carboxylic acids is 1. The third-order valence-corrected chi connectivity index (χ3v) is 5.03. The lowest BCUT2D eigenvalue weighted by Crippen LogP contribution is -2.46. The highest BCUT2D eigenvalue weighted by Crippen LogP contribution is 2.34. The van der Waals surface area contributed by atoms with Gasteiger partial charge in [-0.2, -0.15) is 0 Å². The Labute approximate surface area is 145 Å². The van der Waals surface area contributed by atoms with Crippen molar-refractivity contribution in [3.8, 4) is 0 Å². The topological polar surface area (TPSA) is 41.6 Å². The van der Waals surface area contributed by atoms with E-state index in [1.165, 1.54) is 18.4 Å². The van der Waals surface area contributed by atoms with Gasteiger partial charge >= 0.3 is 0 Å². The average molecular weight is 339 g/mol. The first kappa shape index (κ1) is 18.2. The summed E-state index contributed by atoms with van der Waals surface area (Å²) < 4.78 is 5.54. The largest absolute Gasteiger partial charge is 0.381 e. The van der Waals surface area contributed by atoms with Gasteiger partial charge in [-0.05, 0) is 44.3 Å². The number of hydrogen-bond acceptors (Lipinski definition) is 3. The zero-order valence-corrected chi connectivity index (χ0v) is 14.4. The number of nitrogens with one attached hydrogen (secondary N) is 1. The van der Waals surface area contributed by atoms with Gasteiger partial charge < -0.3 is 10.1 Å². The maximum absolute atomic E-state index is 12.2. The van der Waals surface area contributed by atoms with E-state index in [0.717, 1.165) is 39.1 Å². The van der Waals surface area contributed by atoms with Crippen molar-refractivity contribution in [2.75, 3.05) is 39.4 Å². The summed E-state index contributed by atoms with van der Waals surface area (Å²) in [5.41, 5.74) is 1.35. The maximum atomic E-state index is 12.2. The van der Waals surface area contributed by atoms with Crippen LogP contribution in [0.25, 0.3) is 0 Å². The molecular weight excluding hydrogens is 312 g/mol. The van der Waals surface area contributed by atoms with Crippen molar-refractivity contribution in [3.05, 3.63) is 35.9 Å². The van der Waals surface area contributed by atoms with E-state index in [2.05, 4.69) is 34.5 Å². The minimum atomic E-state index is 0. The molecule has 0 aromatic heterocycles. The van der Waals surface area contributed by atoms with E-state index < -0.39 is 0 Å². The average Bonchev–Trinajstić information content (AvgIpc) is 3.08. The Morgan fingerprint density at radius 1 is 1.13 bits per heavy atom. The van der Waals surface area contributed by atoms with E-state index in [1.807, 2.05) is 6.07 Å². The molecule has 1 aromatic carbocycles. The molecule has 2 aliphatic rings. The predicted molar refractivity (Wildman–Crippen MR) is 94.1 cm³/mol. The van der Waals surface area contributed by atoms with Gasteiger partial charge in [-0.15, -0.1) is 12.4 Å². The molecule has 23 heavy (non-hydrogen) atoms. The van der Waals surface area contributed by atoms with Crippen molar-refractivity contribution >= 4 is 18.3 Å². The number of rotatable bonds is 5. The Morgan fingerprint density at radius 3 is 2.43 bits per heavy atom. The van der Waals surface area contributed by atoms with Gasteiger partial charge in [0.2, 0.25) is 5.91 Å². The van der Waals surface area contributed by atoms with Gasteiger partial charge in [0, 0.05) is 25.2 Å². The lowest BCUT2D eigenvalue weighted by molar-refractivity contribution is -0.122. The Kier molecular flexibility index (Phi) is 6.88. The Balaban J connectivity index is 0.00000192. The minimum Gasteiger partial charge on any atom is -0.381 e. The third-order valence-electron chi connectivity index (χ3n) is 5.03. The van der Waals surface area contributed by atoms with Crippen molar-refractivity contribution in [1.82, 2.24) is 10.2 Å². The first-order valence-corrected chi connectivity index (χ1v) is 8.41. The summed E-state index contributed by atoms with van der Waals surface area (Å²) in [6.07, 6.45) is 4.39. The quantitative estimate of drug-likeness (QED) is 0.896. The van der Waals surface area contributed by atoms with Crippen LogP contribution in [0, 0.1) is 0 Å². The minimum absolute atomic E-state index is 0. The van der Waals surface area contributed by atoms with E-state index in [1.54, 1.807) is 0 Å². The van der Waals surface area contributed by atoms with Crippen LogP contribution in [0.4, 0.5) is 0 Å². The molecule has 5 heteroatoms. The van der Waals surface area contributed by atoms with Crippen molar-refractivity contribution in [2.24, 2.45) is 0 Å². The summed E-state index contributed by atoms with van der Waals surface area (Å²) in [7, 11) is 0. The standard InChI is InChI=1S/C18H26N2O2.ClH/c21-17(14-20-10-4-5-11-20)19-15-18(8-12-22-13-9-18)16-6-2-1-3-7-16;/h1-3,6-7H,4-5,8-15H2,(H,19,21);1H. The molecule has 2 fully saturated rings. The van der Waals surface area contributed by atoms with Crippen LogP contribution in [-0.2, 0) is 14.9 Å². The lowest BCUT2D eigenvalue weighted by Gasteiger charge is -2.38. The molecule has 0 atom stereocenters. The van der Waals surface area contributed by atoms with Crippen molar-refractivity contribution in [1.29, 1.82) is 0 Å². The van der Waals surface area contributed by atoms with E-state index in [0.29, 0.717) is 13.1 Å². The van der Waals surface area contributed by atoms with Gasteiger partial charge in [0.05, 0.1) is 6.54 Å². The highest BCUT2D eigenvalue weighted by Gasteiger charge is 2.34. The SMILES string of the molecule is Cl.O=C(CN1CCCC1)NCC1(c2ccccc2)CCOCC1. The second kappa shape index (κ2) is 8.67. The number of hydrogen-bond donors (Lipinski definition) is 1. The Hall–Kier alpha value is -1.10. The summed E-state index contributed by atoms with van der Waals surface area (Å²) >= 11 is 0. The summed E-state index contributed by atoms with van der Waals surface area (Å²) in [6, 6.07) is 10.6. The molecule has 2 aliphatic heterocycles. The van der Waals surface area contributed by atoms with Crippen molar-refractivity contribution < 1.29 is 9.53 Å². The molecule has 0 spiro atoms. The molecule has 2 saturated heterocycles. The highest BCUT2D eigenvalue weighted by atomic mass is 35.5. The second-order valence-corrected chi connectivity index (χ2v) is 6.52. The monoisotopic (exact) mass is 338 g/mol. The fourth-order valence-electron chi connectivity index (χ4n) is 3.59. The molecular formula is C18H27ClN2O2. The summed E-state index contributed by atoms with van der Waals surface area (Å²) in [6.45, 7) is 4.93. The van der Waals surface area contributed by atoms with E-state index in [4.69, 9.17) is 4.74 Å². The summed E-state index contributed by atoms with van der Waals surface area (Å²) in [5, 5.41) is 3.18. The Morgan fingerprint density at radius 2 is 1.78 bits per heavy atom. The number of likely N-dealkylation sites (tertiary alicyclic amines) is 1. The van der Waals surface area contributed by atoms with Crippen molar-refractivity contribution in [3.63, 3.8) is 0 Å². The summed E-state index contributed by atoms with van der Waals surface area (Å²) in [5.74, 6) is 0.156. The molecule has 1 aromatic rings. The van der Waals surface area contributed by atoms with Crippen LogP contribution in [0.15, 0.2) is 30.3 Å². The molecule has 2 heterocycles. The van der Waals surface area contributed by atoms with Gasteiger partial charge in [-0.25, -0.2) is 0 Å². The van der Waals surface area contributed by atoms with Crippen LogP contribution in [0.1, 0.15) is 31.2 Å². The number of halogens is 1. The van der Waals surface area contributed by atoms with Gasteiger partial charge in [0.1, 0.15) is 0 Å². The normalized spacial score (nSPS) is 20.7. The Bertz CT molecular complexity index is 483. The number of nitrogens with zero attached hydrogens (tertiary/aromatic N) is 1. The highest BCUT2D eigenvalue weighted by molar-refractivity contribution is 5.85. The van der Waals surface area contributed by atoms with Crippen LogP contribution < -0.4 is 5.32 Å². The van der Waals surface area contributed by atoms with Crippen LogP contribution in [0.3, 0.4) is 0 Å². The molecule has 1 N–H and O–H groups in total. The van der Waals surface area contributed by atoms with Crippen LogP contribution in [-0.4, -0.2) is 50.2 Å². The number of ether oxygens (including phenoxy) is 1. The molecule has 0 unspecified atom stereocenters. The van der Waals surface area contributed by atoms with Gasteiger partial charge in [0.25, 0.3) is 0 Å². The molecule has 0 saturated carbocycles. The zero-order valence-electron chi connectivity index (χ0n) is 13.6. The number of amides is 1. The third kappa shape index (κ3) is 4.69. The molecule has 4 nitrogen and oxygen atoms in total. The fraction of sp³-hybridized carbons (Fsp3) is 0.611. The van der Waals surface area contributed by atoms with E-state index >= 15 is 0 Å². The second-order valence-electron chi connectivity index (χ2n) is 6.52. The van der Waals surface area contributed by atoms with Crippen LogP contribution in [0.2, 0.25) is 0 Å². The molecule has 0 aliphatic carbocycles. The summed E-state index contributed by atoms with van der Waals surface area (Å²) in [4.78, 5) is 14.5. The van der Waals surface area contributed by atoms with Gasteiger partial charge in [-0.1, -0.05) is 30.3 Å². The lowest BCUT2D eigenvalue weighted by atomic mass is 9.74. The molecule has 0 radical (unpaired) electrons. The maximum Gasteiger partial charge on any atom is 0.234 e. The first-order valence-electron chi connectivity index (χ1n) is 8.41. The van der Waals surface area contributed by atoms with Crippen molar-refractivity contribution in [2.45, 2.75) is 31.1 Å².